The standard InChI is InChI=1S/C36H39N11O7S2/c1-36(2,34(52)53)54-44-26(24-18-56-35(38)42-24)30(48)43-27-31(49)47-28(33(50)51)22(17-55-32(27)47)16-45-11-9-25-21(15-45)12-40-46(25)14-19-5-7-20(8-6-19)29(37)41-23-4-3-10-39-13-23/h5-9,11-12,15,18,23,27,32,39H,3-4,10,13-14,16-17H2,1-2H3,(H6-,37,38,41,42,43,48,50,51,52,53)/b44-26-/t23?,27-,32-/m1/s1. The molecule has 3 aliphatic heterocycles. The van der Waals surface area contributed by atoms with Crippen LogP contribution in [0.1, 0.15) is 43.5 Å². The molecule has 7 rings (SSSR count). The van der Waals surface area contributed by atoms with Crippen LogP contribution < -0.4 is 31.8 Å². The number of β-lactam (4-membered cyclic amide) rings is 1. The first kappa shape index (κ1) is 38.4. The molecule has 3 atom stereocenters. The van der Waals surface area contributed by atoms with E-state index in [9.17, 15) is 29.4 Å². The normalized spacial score (nSPS) is 20.4. The van der Waals surface area contributed by atoms with Crippen molar-refractivity contribution in [2.45, 2.75) is 62.8 Å². The van der Waals surface area contributed by atoms with Crippen LogP contribution in [0.15, 0.2) is 75.7 Å². The minimum atomic E-state index is -1.78. The number of rotatable bonds is 13. The monoisotopic (exact) mass is 801 g/mol. The number of carboxylic acid groups (broad SMARTS) is 2. The zero-order chi connectivity index (χ0) is 39.7. The highest BCUT2D eigenvalue weighted by atomic mass is 32.2. The molecule has 2 fully saturated rings. The van der Waals surface area contributed by atoms with Gasteiger partial charge in [0.2, 0.25) is 5.60 Å². The molecule has 3 aromatic heterocycles. The molecule has 1 aromatic carbocycles. The van der Waals surface area contributed by atoms with Crippen molar-refractivity contribution >= 4 is 74.4 Å². The number of aliphatic imine (C=N–C) groups is 1. The summed E-state index contributed by atoms with van der Waals surface area (Å²) in [4.78, 5) is 65.9. The minimum Gasteiger partial charge on any atom is -0.543 e. The Morgan fingerprint density at radius 3 is 2.70 bits per heavy atom. The Morgan fingerprint density at radius 1 is 1.23 bits per heavy atom. The number of hydrogen-bond acceptors (Lipinski definition) is 14. The summed E-state index contributed by atoms with van der Waals surface area (Å²) in [5, 5.41) is 37.8. The number of anilines is 1. The van der Waals surface area contributed by atoms with Gasteiger partial charge in [-0.05, 0) is 38.8 Å². The van der Waals surface area contributed by atoms with Gasteiger partial charge in [-0.3, -0.25) is 24.2 Å². The number of fused-ring (bicyclic) bond motifs is 2. The number of carboxylic acids is 2. The van der Waals surface area contributed by atoms with Crippen LogP contribution in [0.2, 0.25) is 0 Å². The fourth-order valence-corrected chi connectivity index (χ4v) is 8.38. The molecule has 292 valence electrons. The van der Waals surface area contributed by atoms with E-state index >= 15 is 0 Å². The number of carbonyl (C=O) groups excluding carboxylic acids is 3. The van der Waals surface area contributed by atoms with Gasteiger partial charge in [0.15, 0.2) is 29.8 Å². The van der Waals surface area contributed by atoms with Crippen LogP contribution >= 0.6 is 23.1 Å². The number of nitrogens with zero attached hydrogens (tertiary/aromatic N) is 7. The number of nitrogens with two attached hydrogens (primary N) is 2. The number of amides is 2. The van der Waals surface area contributed by atoms with Crippen molar-refractivity contribution in [2.24, 2.45) is 15.9 Å². The van der Waals surface area contributed by atoms with Crippen molar-refractivity contribution in [1.82, 2.24) is 30.3 Å². The first-order chi connectivity index (χ1) is 26.8. The van der Waals surface area contributed by atoms with E-state index in [-0.39, 0.29) is 34.9 Å². The molecule has 0 aliphatic carbocycles. The number of thioether (sulfide) groups is 1. The van der Waals surface area contributed by atoms with Crippen molar-refractivity contribution in [3.05, 3.63) is 82.4 Å². The van der Waals surface area contributed by atoms with Crippen LogP contribution in [0.4, 0.5) is 5.13 Å². The van der Waals surface area contributed by atoms with Gasteiger partial charge in [0, 0.05) is 34.9 Å². The van der Waals surface area contributed by atoms with Crippen molar-refractivity contribution in [3.63, 3.8) is 0 Å². The number of piperidine rings is 1. The molecular formula is C36H39N11O7S2. The average molecular weight is 802 g/mol. The van der Waals surface area contributed by atoms with E-state index in [0.29, 0.717) is 18.0 Å². The van der Waals surface area contributed by atoms with Crippen LogP contribution in [0.3, 0.4) is 0 Å². The fourth-order valence-electron chi connectivity index (χ4n) is 6.50. The Labute approximate surface area is 328 Å². The summed E-state index contributed by atoms with van der Waals surface area (Å²) < 4.78 is 3.69. The Balaban J connectivity index is 1.03. The van der Waals surface area contributed by atoms with Crippen molar-refractivity contribution in [3.8, 4) is 0 Å². The molecular weight excluding hydrogens is 763 g/mol. The van der Waals surface area contributed by atoms with Gasteiger partial charge in [0.05, 0.1) is 41.4 Å². The van der Waals surface area contributed by atoms with Gasteiger partial charge in [-0.25, -0.2) is 14.3 Å². The summed E-state index contributed by atoms with van der Waals surface area (Å²) in [6, 6.07) is 8.90. The van der Waals surface area contributed by atoms with E-state index in [4.69, 9.17) is 16.3 Å². The number of amidine groups is 1. The molecule has 2 amide bonds. The fraction of sp³-hybridized carbons (Fsp3) is 0.361. The second-order valence-corrected chi connectivity index (χ2v) is 16.0. The summed E-state index contributed by atoms with van der Waals surface area (Å²) in [5.74, 6) is -3.64. The van der Waals surface area contributed by atoms with Gasteiger partial charge in [-0.15, -0.1) is 23.1 Å². The molecule has 0 saturated carbocycles. The number of pyridine rings is 1. The maximum absolute atomic E-state index is 13.4. The Bertz CT molecular complexity index is 2290. The second kappa shape index (κ2) is 15.7. The highest BCUT2D eigenvalue weighted by molar-refractivity contribution is 8.00. The van der Waals surface area contributed by atoms with Gasteiger partial charge in [-0.1, -0.05) is 29.4 Å². The highest BCUT2D eigenvalue weighted by Crippen LogP contribution is 2.40. The zero-order valence-corrected chi connectivity index (χ0v) is 32.0. The second-order valence-electron chi connectivity index (χ2n) is 14.0. The molecule has 3 aliphatic rings. The average Bonchev–Trinajstić information content (AvgIpc) is 3.79. The summed E-state index contributed by atoms with van der Waals surface area (Å²) in [6.07, 6.45) is 7.52. The molecule has 20 heteroatoms. The van der Waals surface area contributed by atoms with Crippen molar-refractivity contribution < 1.29 is 38.8 Å². The molecule has 18 nitrogen and oxygen atoms in total. The molecule has 2 saturated heterocycles. The predicted octanol–water partition coefficient (Wildman–Crippen LogP) is -0.444. The largest absolute Gasteiger partial charge is 0.543 e. The predicted molar refractivity (Wildman–Crippen MR) is 205 cm³/mol. The van der Waals surface area contributed by atoms with Gasteiger partial charge in [0.25, 0.3) is 11.8 Å². The van der Waals surface area contributed by atoms with E-state index in [1.807, 2.05) is 52.0 Å². The number of benzene rings is 1. The molecule has 56 heavy (non-hydrogen) atoms. The molecule has 4 aromatic rings. The SMILES string of the molecule is CC(C)(O/N=C(\C(=O)N[C@@H]1C(=O)N2C(C(=O)[O-])=C(C[n+]3ccc4c(cnn4Cc4ccc(C(N)=NC5CCCNC5)cc4)c3)CS[C@H]12)c1csc(N)n1)C(=O)O. The van der Waals surface area contributed by atoms with Crippen LogP contribution in [0.5, 0.6) is 0 Å². The number of nitrogen functional groups attached to an aromatic ring is 1. The maximum Gasteiger partial charge on any atom is 0.350 e. The third kappa shape index (κ3) is 7.93. The summed E-state index contributed by atoms with van der Waals surface area (Å²) in [5.41, 5.74) is 12.8. The molecule has 7 N–H and O–H groups in total. The number of aromatic nitrogens is 4. The third-order valence-corrected chi connectivity index (χ3v) is 11.6. The molecule has 6 heterocycles. The summed E-state index contributed by atoms with van der Waals surface area (Å²) in [7, 11) is 0. The van der Waals surface area contributed by atoms with E-state index < -0.39 is 46.5 Å². The van der Waals surface area contributed by atoms with Gasteiger partial charge in [-0.2, -0.15) is 5.10 Å². The van der Waals surface area contributed by atoms with E-state index in [1.54, 1.807) is 6.20 Å². The van der Waals surface area contributed by atoms with E-state index in [0.717, 1.165) is 64.2 Å². The summed E-state index contributed by atoms with van der Waals surface area (Å²) in [6.45, 7) is 5.01. The minimum absolute atomic E-state index is 0.0106. The molecule has 1 unspecified atom stereocenters. The number of oxime groups is 1. The third-order valence-electron chi connectivity index (χ3n) is 9.57. The van der Waals surface area contributed by atoms with E-state index in [1.165, 1.54) is 31.0 Å². The lowest BCUT2D eigenvalue weighted by atomic mass is 10.0. The molecule has 0 radical (unpaired) electrons. The van der Waals surface area contributed by atoms with Gasteiger partial charge in [0.1, 0.15) is 22.9 Å². The van der Waals surface area contributed by atoms with Crippen LogP contribution in [-0.4, -0.2) is 102 Å². The molecule has 0 spiro atoms. The zero-order valence-electron chi connectivity index (χ0n) is 30.4. The number of carbonyl (C=O) groups is 4. The van der Waals surface area contributed by atoms with Gasteiger partial charge >= 0.3 is 5.97 Å². The Hall–Kier alpha value is -5.86. The number of hydrogen-bond donors (Lipinski definition) is 5. The quantitative estimate of drug-likeness (QED) is 0.0378. The number of aliphatic carboxylic acids is 2. The van der Waals surface area contributed by atoms with Gasteiger partial charge < -0.3 is 41.9 Å². The Morgan fingerprint density at radius 2 is 2.02 bits per heavy atom. The molecule has 0 bridgehead atoms. The van der Waals surface area contributed by atoms with Crippen LogP contribution in [-0.2, 0) is 37.1 Å². The highest BCUT2D eigenvalue weighted by Gasteiger charge is 2.53. The van der Waals surface area contributed by atoms with Crippen LogP contribution in [0.25, 0.3) is 10.9 Å². The van der Waals surface area contributed by atoms with E-state index in [2.05, 4.69) is 30.9 Å². The lowest BCUT2D eigenvalue weighted by Crippen LogP contribution is -2.71. The van der Waals surface area contributed by atoms with Crippen LogP contribution in [0, 0.1) is 0 Å². The first-order valence-electron chi connectivity index (χ1n) is 17.7. The lowest BCUT2D eigenvalue weighted by molar-refractivity contribution is -0.687. The number of nitrogens with one attached hydrogen (secondary N) is 2. The topological polar surface area (TPSA) is 259 Å². The smallest absolute Gasteiger partial charge is 0.350 e. The first-order valence-corrected chi connectivity index (χ1v) is 19.6. The lowest BCUT2D eigenvalue weighted by Gasteiger charge is -2.50. The number of thiazole rings is 1. The van der Waals surface area contributed by atoms with Crippen molar-refractivity contribution in [1.29, 1.82) is 0 Å². The Kier molecular flexibility index (Phi) is 10.8. The summed E-state index contributed by atoms with van der Waals surface area (Å²) >= 11 is 2.30. The maximum atomic E-state index is 13.4. The van der Waals surface area contributed by atoms with Crippen molar-refractivity contribution in [2.75, 3.05) is 24.6 Å².